The maximum atomic E-state index is 12.7. The van der Waals surface area contributed by atoms with Crippen molar-refractivity contribution in [2.24, 2.45) is 5.10 Å². The Bertz CT molecular complexity index is 907. The SMILES string of the molecule is C=CS(=O)(=O)NCC1(c2ccccc2)SC(C(=O)NC(C)(C)C)=NN1C(C)=O. The Labute approximate surface area is 169 Å². The molecule has 0 saturated carbocycles. The molecule has 1 aromatic carbocycles. The highest BCUT2D eigenvalue weighted by molar-refractivity contribution is 8.16. The van der Waals surface area contributed by atoms with Gasteiger partial charge in [0.2, 0.25) is 15.9 Å². The van der Waals surface area contributed by atoms with E-state index in [0.717, 1.165) is 22.2 Å². The molecular weight excluding hydrogens is 400 g/mol. The monoisotopic (exact) mass is 424 g/mol. The summed E-state index contributed by atoms with van der Waals surface area (Å²) in [4.78, 5) is 23.8. The van der Waals surface area contributed by atoms with E-state index in [0.29, 0.717) is 5.56 Å². The van der Waals surface area contributed by atoms with Crippen LogP contribution in [0.1, 0.15) is 33.3 Å². The molecule has 2 N–H and O–H groups in total. The van der Waals surface area contributed by atoms with E-state index in [2.05, 4.69) is 21.7 Å². The van der Waals surface area contributed by atoms with Gasteiger partial charge in [0.15, 0.2) is 9.91 Å². The highest BCUT2D eigenvalue weighted by Gasteiger charge is 2.49. The number of hydrazone groups is 1. The summed E-state index contributed by atoms with van der Waals surface area (Å²) in [5.74, 6) is -0.860. The average molecular weight is 425 g/mol. The fourth-order valence-electron chi connectivity index (χ4n) is 2.56. The predicted octanol–water partition coefficient (Wildman–Crippen LogP) is 1.73. The molecule has 8 nitrogen and oxygen atoms in total. The molecule has 1 unspecified atom stereocenters. The first-order chi connectivity index (χ1) is 12.9. The fourth-order valence-corrected chi connectivity index (χ4v) is 4.42. The molecular formula is C18H24N4O4S2. The molecule has 1 heterocycles. The van der Waals surface area contributed by atoms with Gasteiger partial charge < -0.3 is 5.32 Å². The molecule has 0 spiro atoms. The molecule has 1 aliphatic rings. The second-order valence-corrected chi connectivity index (χ2v) is 10.2. The predicted molar refractivity (Wildman–Crippen MR) is 111 cm³/mol. The van der Waals surface area contributed by atoms with Crippen molar-refractivity contribution in [2.45, 2.75) is 38.1 Å². The lowest BCUT2D eigenvalue weighted by Crippen LogP contribution is -2.48. The van der Waals surface area contributed by atoms with Crippen LogP contribution in [0.2, 0.25) is 0 Å². The minimum Gasteiger partial charge on any atom is -0.346 e. The molecule has 0 saturated heterocycles. The van der Waals surface area contributed by atoms with Gasteiger partial charge in [-0.05, 0) is 26.3 Å². The summed E-state index contributed by atoms with van der Waals surface area (Å²) in [5, 5.41) is 9.04. The van der Waals surface area contributed by atoms with E-state index in [1.165, 1.54) is 6.92 Å². The summed E-state index contributed by atoms with van der Waals surface area (Å²) in [5.41, 5.74) is 0.133. The van der Waals surface area contributed by atoms with Crippen molar-refractivity contribution in [1.29, 1.82) is 0 Å². The van der Waals surface area contributed by atoms with Crippen LogP contribution in [0, 0.1) is 0 Å². The van der Waals surface area contributed by atoms with Gasteiger partial charge in [-0.3, -0.25) is 9.59 Å². The Morgan fingerprint density at radius 3 is 2.39 bits per heavy atom. The lowest BCUT2D eigenvalue weighted by Gasteiger charge is -2.35. The third-order valence-electron chi connectivity index (χ3n) is 3.74. The number of thioether (sulfide) groups is 1. The highest BCUT2D eigenvalue weighted by atomic mass is 32.2. The lowest BCUT2D eigenvalue weighted by atomic mass is 10.1. The molecule has 152 valence electrons. The van der Waals surface area contributed by atoms with Crippen molar-refractivity contribution in [3.63, 3.8) is 0 Å². The maximum Gasteiger partial charge on any atom is 0.278 e. The molecule has 1 aromatic rings. The Morgan fingerprint density at radius 2 is 1.89 bits per heavy atom. The average Bonchev–Trinajstić information content (AvgIpc) is 3.01. The first-order valence-electron chi connectivity index (χ1n) is 8.49. The van der Waals surface area contributed by atoms with Crippen molar-refractivity contribution < 1.29 is 18.0 Å². The molecule has 2 rings (SSSR count). The normalized spacial score (nSPS) is 19.9. The van der Waals surface area contributed by atoms with Crippen molar-refractivity contribution in [3.05, 3.63) is 47.9 Å². The van der Waals surface area contributed by atoms with Crippen LogP contribution in [0.3, 0.4) is 0 Å². The Balaban J connectivity index is 2.50. The zero-order valence-corrected chi connectivity index (χ0v) is 17.9. The van der Waals surface area contributed by atoms with Gasteiger partial charge in [-0.1, -0.05) is 48.7 Å². The zero-order chi connectivity index (χ0) is 21.2. The van der Waals surface area contributed by atoms with Crippen molar-refractivity contribution in [2.75, 3.05) is 6.54 Å². The van der Waals surface area contributed by atoms with Crippen LogP contribution in [0.4, 0.5) is 0 Å². The molecule has 28 heavy (non-hydrogen) atoms. The van der Waals surface area contributed by atoms with Crippen LogP contribution < -0.4 is 10.0 Å². The molecule has 1 aliphatic heterocycles. The number of carbonyl (C=O) groups is 2. The van der Waals surface area contributed by atoms with Crippen LogP contribution in [0.5, 0.6) is 0 Å². The van der Waals surface area contributed by atoms with E-state index in [1.807, 2.05) is 20.8 Å². The summed E-state index contributed by atoms with van der Waals surface area (Å²) in [6.07, 6.45) is 0. The molecule has 0 bridgehead atoms. The third-order valence-corrected chi connectivity index (χ3v) is 6.07. The summed E-state index contributed by atoms with van der Waals surface area (Å²) in [7, 11) is -3.76. The molecule has 0 fully saturated rings. The number of sulfonamides is 1. The largest absolute Gasteiger partial charge is 0.346 e. The number of hydrogen-bond donors (Lipinski definition) is 2. The molecule has 0 radical (unpaired) electrons. The van der Waals surface area contributed by atoms with E-state index >= 15 is 0 Å². The highest BCUT2D eigenvalue weighted by Crippen LogP contribution is 2.45. The second kappa shape index (κ2) is 8.06. The molecule has 1 atom stereocenters. The minimum absolute atomic E-state index is 0.0757. The smallest absolute Gasteiger partial charge is 0.278 e. The summed E-state index contributed by atoms with van der Waals surface area (Å²) >= 11 is 1.03. The number of amides is 2. The summed E-state index contributed by atoms with van der Waals surface area (Å²) in [6, 6.07) is 8.85. The van der Waals surface area contributed by atoms with Gasteiger partial charge in [-0.2, -0.15) is 5.10 Å². The van der Waals surface area contributed by atoms with Gasteiger partial charge in [0.1, 0.15) is 0 Å². The van der Waals surface area contributed by atoms with E-state index in [1.54, 1.807) is 30.3 Å². The molecule has 0 aromatic heterocycles. The quantitative estimate of drug-likeness (QED) is 0.723. The van der Waals surface area contributed by atoms with Crippen LogP contribution >= 0.6 is 11.8 Å². The number of benzene rings is 1. The topological polar surface area (TPSA) is 108 Å². The zero-order valence-electron chi connectivity index (χ0n) is 16.2. The van der Waals surface area contributed by atoms with Crippen molar-refractivity contribution >= 4 is 38.6 Å². The Kier molecular flexibility index (Phi) is 6.37. The minimum atomic E-state index is -3.76. The summed E-state index contributed by atoms with van der Waals surface area (Å²) in [6.45, 7) is 9.89. The lowest BCUT2D eigenvalue weighted by molar-refractivity contribution is -0.132. The Hall–Kier alpha value is -2.17. The number of nitrogens with one attached hydrogen (secondary N) is 2. The number of nitrogens with zero attached hydrogens (tertiary/aromatic N) is 2. The van der Waals surface area contributed by atoms with Crippen LogP contribution in [-0.2, 0) is 24.5 Å². The van der Waals surface area contributed by atoms with E-state index in [-0.39, 0.29) is 11.6 Å². The molecule has 2 amide bonds. The molecule has 10 heteroatoms. The number of carbonyl (C=O) groups excluding carboxylic acids is 2. The fraction of sp³-hybridized carbons (Fsp3) is 0.389. The maximum absolute atomic E-state index is 12.7. The third kappa shape index (κ3) is 5.00. The number of hydrogen-bond acceptors (Lipinski definition) is 6. The van der Waals surface area contributed by atoms with E-state index < -0.39 is 32.2 Å². The first kappa shape index (κ1) is 22.1. The van der Waals surface area contributed by atoms with Gasteiger partial charge in [-0.25, -0.2) is 18.1 Å². The standard InChI is InChI=1S/C18H24N4O4S2/c1-6-28(25,26)19-12-18(14-10-8-7-9-11-14)22(13(2)23)21-16(27-18)15(24)20-17(3,4)5/h6-11,19H,1,12H2,2-5H3,(H,20,24). The van der Waals surface area contributed by atoms with Crippen LogP contribution in [0.25, 0.3) is 0 Å². The van der Waals surface area contributed by atoms with Gasteiger partial charge in [0, 0.05) is 17.9 Å². The van der Waals surface area contributed by atoms with Crippen LogP contribution in [-0.4, -0.2) is 42.4 Å². The van der Waals surface area contributed by atoms with Crippen molar-refractivity contribution in [1.82, 2.24) is 15.0 Å². The van der Waals surface area contributed by atoms with E-state index in [4.69, 9.17) is 0 Å². The van der Waals surface area contributed by atoms with Crippen LogP contribution in [0.15, 0.2) is 47.4 Å². The second-order valence-electron chi connectivity index (χ2n) is 7.23. The van der Waals surface area contributed by atoms with Gasteiger partial charge >= 0.3 is 0 Å². The van der Waals surface area contributed by atoms with Gasteiger partial charge in [0.25, 0.3) is 5.91 Å². The Morgan fingerprint density at radius 1 is 1.29 bits per heavy atom. The number of rotatable bonds is 6. The van der Waals surface area contributed by atoms with Gasteiger partial charge in [-0.15, -0.1) is 0 Å². The first-order valence-corrected chi connectivity index (χ1v) is 10.8. The van der Waals surface area contributed by atoms with Gasteiger partial charge in [0.05, 0.1) is 6.54 Å². The van der Waals surface area contributed by atoms with E-state index in [9.17, 15) is 18.0 Å². The summed E-state index contributed by atoms with van der Waals surface area (Å²) < 4.78 is 26.3. The molecule has 0 aliphatic carbocycles. The van der Waals surface area contributed by atoms with Crippen molar-refractivity contribution in [3.8, 4) is 0 Å².